The number of rotatable bonds is 5. The van der Waals surface area contributed by atoms with E-state index in [0.717, 1.165) is 32.5 Å². The summed E-state index contributed by atoms with van der Waals surface area (Å²) >= 11 is 0. The first-order valence-electron chi connectivity index (χ1n) is 7.62. The SMILES string of the molecule is CC(O)C1CCN(CC(C)(CO)c2ccccc2)CC1. The largest absolute Gasteiger partial charge is 0.395 e. The Kier molecular flexibility index (Phi) is 5.19. The molecule has 0 amide bonds. The van der Waals surface area contributed by atoms with E-state index in [4.69, 9.17) is 0 Å². The zero-order chi connectivity index (χ0) is 14.6. The highest BCUT2D eigenvalue weighted by Crippen LogP contribution is 2.27. The van der Waals surface area contributed by atoms with Gasteiger partial charge in [-0.1, -0.05) is 37.3 Å². The maximum absolute atomic E-state index is 9.84. The van der Waals surface area contributed by atoms with E-state index >= 15 is 0 Å². The van der Waals surface area contributed by atoms with Crippen LogP contribution < -0.4 is 0 Å². The predicted molar refractivity (Wildman–Crippen MR) is 81.7 cm³/mol. The molecule has 112 valence electrons. The van der Waals surface area contributed by atoms with Crippen LogP contribution in [0.2, 0.25) is 0 Å². The first-order chi connectivity index (χ1) is 9.55. The van der Waals surface area contributed by atoms with E-state index in [1.165, 1.54) is 5.56 Å². The van der Waals surface area contributed by atoms with Crippen LogP contribution in [0.25, 0.3) is 0 Å². The van der Waals surface area contributed by atoms with Gasteiger partial charge in [-0.2, -0.15) is 0 Å². The maximum atomic E-state index is 9.84. The highest BCUT2D eigenvalue weighted by molar-refractivity contribution is 5.25. The number of hydrogen-bond donors (Lipinski definition) is 2. The van der Waals surface area contributed by atoms with Crippen molar-refractivity contribution in [2.45, 2.75) is 38.2 Å². The lowest BCUT2D eigenvalue weighted by Gasteiger charge is -2.39. The monoisotopic (exact) mass is 277 g/mol. The molecule has 2 N–H and O–H groups in total. The number of aliphatic hydroxyl groups is 2. The molecule has 0 aliphatic carbocycles. The second-order valence-corrected chi connectivity index (χ2v) is 6.44. The molecule has 1 aliphatic rings. The van der Waals surface area contributed by atoms with Crippen molar-refractivity contribution in [2.75, 3.05) is 26.2 Å². The number of nitrogens with zero attached hydrogens (tertiary/aromatic N) is 1. The Labute approximate surface area is 122 Å². The van der Waals surface area contributed by atoms with Crippen LogP contribution in [0, 0.1) is 5.92 Å². The second-order valence-electron chi connectivity index (χ2n) is 6.44. The third kappa shape index (κ3) is 3.60. The summed E-state index contributed by atoms with van der Waals surface area (Å²) in [5.41, 5.74) is 0.985. The van der Waals surface area contributed by atoms with Crippen LogP contribution in [0.15, 0.2) is 30.3 Å². The molecule has 1 aromatic rings. The molecular weight excluding hydrogens is 250 g/mol. The molecular formula is C17H27NO2. The molecule has 1 heterocycles. The van der Waals surface area contributed by atoms with Crippen molar-refractivity contribution < 1.29 is 10.2 Å². The highest BCUT2D eigenvalue weighted by atomic mass is 16.3. The predicted octanol–water partition coefficient (Wildman–Crippen LogP) is 2.03. The van der Waals surface area contributed by atoms with Crippen molar-refractivity contribution in [3.8, 4) is 0 Å². The van der Waals surface area contributed by atoms with Gasteiger partial charge < -0.3 is 15.1 Å². The number of hydrogen-bond acceptors (Lipinski definition) is 3. The van der Waals surface area contributed by atoms with Gasteiger partial charge in [-0.15, -0.1) is 0 Å². The van der Waals surface area contributed by atoms with Crippen molar-refractivity contribution in [1.82, 2.24) is 4.90 Å². The van der Waals surface area contributed by atoms with Crippen molar-refractivity contribution >= 4 is 0 Å². The van der Waals surface area contributed by atoms with E-state index < -0.39 is 0 Å². The minimum Gasteiger partial charge on any atom is -0.395 e. The first-order valence-corrected chi connectivity index (χ1v) is 7.62. The number of aliphatic hydroxyl groups excluding tert-OH is 2. The van der Waals surface area contributed by atoms with Crippen LogP contribution in [0.3, 0.4) is 0 Å². The molecule has 2 atom stereocenters. The lowest BCUT2D eigenvalue weighted by Crippen LogP contribution is -2.45. The topological polar surface area (TPSA) is 43.7 Å². The van der Waals surface area contributed by atoms with Crippen molar-refractivity contribution in [2.24, 2.45) is 5.92 Å². The Bertz CT molecular complexity index is 399. The molecule has 1 aromatic carbocycles. The van der Waals surface area contributed by atoms with E-state index in [-0.39, 0.29) is 18.1 Å². The zero-order valence-electron chi connectivity index (χ0n) is 12.6. The molecule has 0 spiro atoms. The minimum absolute atomic E-state index is 0.160. The van der Waals surface area contributed by atoms with E-state index in [1.54, 1.807) is 0 Å². The van der Waals surface area contributed by atoms with Gasteiger partial charge in [0.25, 0.3) is 0 Å². The summed E-state index contributed by atoms with van der Waals surface area (Å²) < 4.78 is 0. The Morgan fingerprint density at radius 1 is 1.25 bits per heavy atom. The Morgan fingerprint density at radius 2 is 1.85 bits per heavy atom. The molecule has 3 heteroatoms. The van der Waals surface area contributed by atoms with Crippen LogP contribution in [-0.4, -0.2) is 47.5 Å². The molecule has 0 aromatic heterocycles. The van der Waals surface area contributed by atoms with Crippen LogP contribution in [0.5, 0.6) is 0 Å². The van der Waals surface area contributed by atoms with E-state index in [1.807, 2.05) is 25.1 Å². The standard InChI is InChI=1S/C17H27NO2/c1-14(20)15-8-10-18(11-9-15)12-17(2,13-19)16-6-4-3-5-7-16/h3-7,14-15,19-20H,8-13H2,1-2H3. The maximum Gasteiger partial charge on any atom is 0.0541 e. The summed E-state index contributed by atoms with van der Waals surface area (Å²) in [6.07, 6.45) is 1.90. The summed E-state index contributed by atoms with van der Waals surface area (Å²) in [6.45, 7) is 7.08. The number of benzene rings is 1. The molecule has 2 rings (SSSR count). The molecule has 1 fully saturated rings. The fourth-order valence-corrected chi connectivity index (χ4v) is 3.16. The number of likely N-dealkylation sites (tertiary alicyclic amines) is 1. The average Bonchev–Trinajstić information content (AvgIpc) is 2.48. The summed E-state index contributed by atoms with van der Waals surface area (Å²) in [5.74, 6) is 0.434. The third-order valence-electron chi connectivity index (χ3n) is 4.71. The Morgan fingerprint density at radius 3 is 2.35 bits per heavy atom. The van der Waals surface area contributed by atoms with E-state index in [2.05, 4.69) is 24.0 Å². The van der Waals surface area contributed by atoms with Gasteiger partial charge in [-0.25, -0.2) is 0 Å². The fraction of sp³-hybridized carbons (Fsp3) is 0.647. The second kappa shape index (κ2) is 6.70. The first kappa shape index (κ1) is 15.5. The van der Waals surface area contributed by atoms with Crippen molar-refractivity contribution in [3.63, 3.8) is 0 Å². The molecule has 0 bridgehead atoms. The van der Waals surface area contributed by atoms with Crippen LogP contribution in [0.4, 0.5) is 0 Å². The molecule has 3 nitrogen and oxygen atoms in total. The molecule has 0 radical (unpaired) electrons. The van der Waals surface area contributed by atoms with Crippen LogP contribution >= 0.6 is 0 Å². The lowest BCUT2D eigenvalue weighted by atomic mass is 9.81. The highest BCUT2D eigenvalue weighted by Gasteiger charge is 2.31. The molecule has 2 unspecified atom stereocenters. The van der Waals surface area contributed by atoms with Gasteiger partial charge in [0.1, 0.15) is 0 Å². The summed E-state index contributed by atoms with van der Waals surface area (Å²) in [6, 6.07) is 10.3. The van der Waals surface area contributed by atoms with Crippen LogP contribution in [-0.2, 0) is 5.41 Å². The van der Waals surface area contributed by atoms with Gasteiger partial charge in [0, 0.05) is 12.0 Å². The molecule has 0 saturated carbocycles. The van der Waals surface area contributed by atoms with Gasteiger partial charge in [0.2, 0.25) is 0 Å². The normalized spacial score (nSPS) is 22.4. The number of piperidine rings is 1. The van der Waals surface area contributed by atoms with Crippen LogP contribution in [0.1, 0.15) is 32.3 Å². The molecule has 1 saturated heterocycles. The summed E-state index contributed by atoms with van der Waals surface area (Å²) in [4.78, 5) is 2.42. The molecule has 1 aliphatic heterocycles. The summed E-state index contributed by atoms with van der Waals surface area (Å²) in [7, 11) is 0. The zero-order valence-corrected chi connectivity index (χ0v) is 12.6. The van der Waals surface area contributed by atoms with E-state index in [0.29, 0.717) is 5.92 Å². The van der Waals surface area contributed by atoms with Gasteiger partial charge in [-0.3, -0.25) is 0 Å². The molecule has 20 heavy (non-hydrogen) atoms. The van der Waals surface area contributed by atoms with Crippen molar-refractivity contribution in [3.05, 3.63) is 35.9 Å². The lowest BCUT2D eigenvalue weighted by molar-refractivity contribution is 0.0572. The quantitative estimate of drug-likeness (QED) is 0.865. The third-order valence-corrected chi connectivity index (χ3v) is 4.71. The van der Waals surface area contributed by atoms with Gasteiger partial charge in [0.05, 0.1) is 12.7 Å². The smallest absolute Gasteiger partial charge is 0.0541 e. The van der Waals surface area contributed by atoms with Gasteiger partial charge in [0.15, 0.2) is 0 Å². The minimum atomic E-state index is -0.209. The average molecular weight is 277 g/mol. The van der Waals surface area contributed by atoms with Gasteiger partial charge in [-0.05, 0) is 44.3 Å². The van der Waals surface area contributed by atoms with Gasteiger partial charge >= 0.3 is 0 Å². The fourth-order valence-electron chi connectivity index (χ4n) is 3.16. The van der Waals surface area contributed by atoms with Crippen molar-refractivity contribution in [1.29, 1.82) is 0 Å². The van der Waals surface area contributed by atoms with E-state index in [9.17, 15) is 10.2 Å². The summed E-state index contributed by atoms with van der Waals surface area (Å²) in [5, 5.41) is 19.5. The Hall–Kier alpha value is -0.900. The Balaban J connectivity index is 1.98.